The van der Waals surface area contributed by atoms with E-state index in [-0.39, 0.29) is 71.7 Å². The lowest BCUT2D eigenvalue weighted by atomic mass is 10.1. The van der Waals surface area contributed by atoms with Crippen LogP contribution in [0.15, 0.2) is 147 Å². The molecule has 0 heterocycles. The van der Waals surface area contributed by atoms with Gasteiger partial charge in [-0.1, -0.05) is 24.3 Å². The normalized spacial score (nSPS) is 12.9. The molecule has 1 amide bonds. The molecule has 0 aliphatic rings. The van der Waals surface area contributed by atoms with Gasteiger partial charge in [0.15, 0.2) is 5.75 Å². The summed E-state index contributed by atoms with van der Waals surface area (Å²) >= 11 is 0. The summed E-state index contributed by atoms with van der Waals surface area (Å²) in [5.74, 6) is -1.39. The second kappa shape index (κ2) is 17.2. The van der Waals surface area contributed by atoms with Crippen molar-refractivity contribution in [2.75, 3.05) is 18.2 Å². The van der Waals surface area contributed by atoms with Gasteiger partial charge in [0.05, 0.1) is 40.4 Å². The van der Waals surface area contributed by atoms with Gasteiger partial charge >= 0.3 is 0 Å². The summed E-state index contributed by atoms with van der Waals surface area (Å²) < 4.78 is 141. The fourth-order valence-electron chi connectivity index (χ4n) is 6.56. The number of hydrogen-bond donors (Lipinski definition) is 7. The largest absolute Gasteiger partial charge is 0.505 e. The number of amides is 1. The highest BCUT2D eigenvalue weighted by atomic mass is 32.2. The van der Waals surface area contributed by atoms with Crippen LogP contribution in [0.25, 0.3) is 32.3 Å². The van der Waals surface area contributed by atoms with Crippen LogP contribution in [0.5, 0.6) is 11.5 Å². The van der Waals surface area contributed by atoms with Crippen LogP contribution in [0, 0.1) is 0 Å². The molecule has 0 radical (unpaired) electrons. The maximum absolute atomic E-state index is 12.5. The molecule has 0 atom stereocenters. The van der Waals surface area contributed by atoms with Gasteiger partial charge in [-0.25, -0.2) is 0 Å². The van der Waals surface area contributed by atoms with Crippen LogP contribution >= 0.6 is 0 Å². The number of nitrogens with one attached hydrogen (secondary N) is 1. The van der Waals surface area contributed by atoms with Crippen molar-refractivity contribution in [3.8, 4) is 11.5 Å². The quantitative estimate of drug-likeness (QED) is 0.0342. The first kappa shape index (κ1) is 46.6. The lowest BCUT2D eigenvalue weighted by molar-refractivity contribution is -0.114. The van der Waals surface area contributed by atoms with Gasteiger partial charge in [0.2, 0.25) is 5.91 Å². The summed E-state index contributed by atoms with van der Waals surface area (Å²) in [5.41, 5.74) is 4.70. The molecule has 23 nitrogen and oxygen atoms in total. The Hall–Kier alpha value is -7.37. The van der Waals surface area contributed by atoms with Crippen LogP contribution < -0.4 is 15.8 Å². The molecule has 0 fully saturated rings. The minimum absolute atomic E-state index is 0.0315. The van der Waals surface area contributed by atoms with Crippen molar-refractivity contribution >= 4 is 124 Å². The van der Waals surface area contributed by atoms with E-state index in [0.29, 0.717) is 5.39 Å². The molecule has 7 rings (SSSR count). The second-order valence-electron chi connectivity index (χ2n) is 13.9. The van der Waals surface area contributed by atoms with Gasteiger partial charge < -0.3 is 20.9 Å². The number of phenols is 1. The number of rotatable bonds is 12. The Morgan fingerprint density at radius 2 is 1.17 bits per heavy atom. The van der Waals surface area contributed by atoms with E-state index in [1.165, 1.54) is 74.7 Å². The summed E-state index contributed by atoms with van der Waals surface area (Å²) in [4.78, 5) is 9.47. The number of methoxy groups -OCH3 is 1. The zero-order valence-electron chi connectivity index (χ0n) is 33.4. The first-order valence-corrected chi connectivity index (χ1v) is 23.9. The third kappa shape index (κ3) is 9.67. The minimum atomic E-state index is -5.23. The van der Waals surface area contributed by atoms with Gasteiger partial charge in [0, 0.05) is 34.5 Å². The number of carbonyl (C=O) groups excluding carboxylic acids is 1. The van der Waals surface area contributed by atoms with E-state index in [4.69, 9.17) is 10.5 Å². The predicted molar refractivity (Wildman–Crippen MR) is 237 cm³/mol. The average Bonchev–Trinajstić information content (AvgIpc) is 3.22. The molecule has 66 heavy (non-hydrogen) atoms. The molecule has 0 aliphatic carbocycles. The van der Waals surface area contributed by atoms with Gasteiger partial charge in [-0.2, -0.15) is 38.8 Å². The predicted octanol–water partition coefficient (Wildman–Crippen LogP) is 8.63. The number of anilines is 2. The monoisotopic (exact) mass is 978 g/mol. The van der Waals surface area contributed by atoms with Crippen molar-refractivity contribution in [3.05, 3.63) is 97.1 Å². The van der Waals surface area contributed by atoms with Crippen molar-refractivity contribution in [3.63, 3.8) is 0 Å². The van der Waals surface area contributed by atoms with Crippen LogP contribution in [-0.2, 0) is 45.3 Å². The van der Waals surface area contributed by atoms with Gasteiger partial charge in [-0.3, -0.25) is 23.0 Å². The van der Waals surface area contributed by atoms with E-state index in [0.717, 1.165) is 30.3 Å². The Morgan fingerprint density at radius 3 is 1.80 bits per heavy atom. The summed E-state index contributed by atoms with van der Waals surface area (Å²) in [7, 11) is -18.2. The molecule has 0 saturated heterocycles. The van der Waals surface area contributed by atoms with E-state index in [2.05, 4.69) is 36.0 Å². The number of carbonyl (C=O) groups is 1. The van der Waals surface area contributed by atoms with E-state index >= 15 is 0 Å². The number of benzene rings is 7. The molecular formula is C39H30N8O15S4. The molecule has 0 unspecified atom stereocenters. The Labute approximate surface area is 373 Å². The fourth-order valence-corrected chi connectivity index (χ4v) is 9.07. The second-order valence-corrected chi connectivity index (χ2v) is 19.5. The maximum Gasteiger partial charge on any atom is 0.296 e. The Bertz CT molecular complexity index is 3790. The number of ether oxygens (including phenoxy) is 1. The van der Waals surface area contributed by atoms with E-state index in [1.54, 1.807) is 6.07 Å². The van der Waals surface area contributed by atoms with Crippen molar-refractivity contribution in [2.24, 2.45) is 30.7 Å². The number of nitrogens with two attached hydrogens (primary N) is 1. The molecule has 0 bridgehead atoms. The third-order valence-electron chi connectivity index (χ3n) is 9.48. The number of fused-ring (bicyclic) bond motifs is 3. The van der Waals surface area contributed by atoms with Gasteiger partial charge in [0.25, 0.3) is 40.5 Å². The molecule has 0 aliphatic heterocycles. The van der Waals surface area contributed by atoms with Crippen molar-refractivity contribution in [2.45, 2.75) is 26.5 Å². The number of nitrogens with zero attached hydrogens (tertiary/aromatic N) is 6. The summed E-state index contributed by atoms with van der Waals surface area (Å²) in [6.45, 7) is 1.23. The topological polar surface area (TPSA) is 376 Å². The number of azo groups is 3. The summed E-state index contributed by atoms with van der Waals surface area (Å²) in [6.07, 6.45) is 0. The average molecular weight is 979 g/mol. The van der Waals surface area contributed by atoms with Gasteiger partial charge in [-0.15, -0.1) is 25.6 Å². The molecule has 7 aromatic rings. The number of phenolic OH excluding ortho intramolecular Hbond substituents is 1. The molecule has 7 aromatic carbocycles. The fraction of sp³-hybridized carbons (Fsp3) is 0.0513. The smallest absolute Gasteiger partial charge is 0.296 e. The molecule has 8 N–H and O–H groups in total. The molecular weight excluding hydrogens is 949 g/mol. The minimum Gasteiger partial charge on any atom is -0.505 e. The number of nitrogen functional groups attached to an aromatic ring is 1. The summed E-state index contributed by atoms with van der Waals surface area (Å²) in [5, 5.41) is 38.8. The van der Waals surface area contributed by atoms with E-state index < -0.39 is 78.2 Å². The third-order valence-corrected chi connectivity index (χ3v) is 13.0. The first-order chi connectivity index (χ1) is 30.8. The van der Waals surface area contributed by atoms with Crippen LogP contribution in [0.2, 0.25) is 0 Å². The Morgan fingerprint density at radius 1 is 0.561 bits per heavy atom. The SMILES string of the molecule is COc1cc(N=Nc2ccc3c(S(=O)(=O)O)cccc3c2)c(NC(C)=O)cc1N=Nc1ccc(N=Nc2c(S(=O)(=O)O)cc3cc(S(=O)(=O)O)c(N)cc3c2O)c2cc(S(=O)(=O)O)ccc12. The highest BCUT2D eigenvalue weighted by molar-refractivity contribution is 7.86. The van der Waals surface area contributed by atoms with Crippen molar-refractivity contribution < 1.29 is 66.5 Å². The highest BCUT2D eigenvalue weighted by Crippen LogP contribution is 2.45. The lowest BCUT2D eigenvalue weighted by Gasteiger charge is -2.12. The molecule has 27 heteroatoms. The summed E-state index contributed by atoms with van der Waals surface area (Å²) in [6, 6.07) is 19.7. The van der Waals surface area contributed by atoms with E-state index in [9.17, 15) is 61.8 Å². The van der Waals surface area contributed by atoms with E-state index in [1.807, 2.05) is 0 Å². The van der Waals surface area contributed by atoms with Crippen LogP contribution in [0.1, 0.15) is 6.92 Å². The van der Waals surface area contributed by atoms with Crippen molar-refractivity contribution in [1.29, 1.82) is 0 Å². The maximum atomic E-state index is 12.5. The zero-order chi connectivity index (χ0) is 48.1. The molecule has 340 valence electrons. The number of hydrogen-bond acceptors (Lipinski definition) is 18. The molecule has 0 saturated carbocycles. The van der Waals surface area contributed by atoms with Gasteiger partial charge in [0.1, 0.15) is 37.5 Å². The van der Waals surface area contributed by atoms with Crippen molar-refractivity contribution in [1.82, 2.24) is 0 Å². The first-order valence-electron chi connectivity index (χ1n) is 18.2. The Balaban J connectivity index is 1.30. The Kier molecular flexibility index (Phi) is 12.2. The van der Waals surface area contributed by atoms with Crippen LogP contribution in [0.3, 0.4) is 0 Å². The molecule has 0 spiro atoms. The number of aromatic hydroxyl groups is 1. The van der Waals surface area contributed by atoms with Crippen LogP contribution in [-0.4, -0.2) is 70.0 Å². The molecule has 0 aromatic heterocycles. The van der Waals surface area contributed by atoms with Gasteiger partial charge in [-0.05, 0) is 77.5 Å². The highest BCUT2D eigenvalue weighted by Gasteiger charge is 2.25. The van der Waals surface area contributed by atoms with Crippen LogP contribution in [0.4, 0.5) is 45.5 Å². The zero-order valence-corrected chi connectivity index (χ0v) is 36.7. The standard InChI is InChI=1S/C39H30N8O15S4/c1-19(48)41-31-17-33(34(62-2)18-32(31)45-42-22-6-8-24-20(12-22)4-3-5-35(24)64(53,54)55)46-43-29-10-11-30(27-15-23(63(50,51)52)7-9-25(27)29)44-47-38-37(66(59,60)61)14-21-13-36(65(56,57)58)28(40)16-26(21)39(38)49/h3-18,49H,40H2,1-2H3,(H,41,48)(H,50,51,52)(H,53,54,55)(H,56,57,58)(H,59,60,61). The lowest BCUT2D eigenvalue weighted by Crippen LogP contribution is -2.05.